The molecule has 2 unspecified atom stereocenters. The Morgan fingerprint density at radius 2 is 1.70 bits per heavy atom. The number of fused-ring (bicyclic) bond motifs is 1. The zero-order valence-corrected chi connectivity index (χ0v) is 25.9. The number of hydrogen-bond acceptors (Lipinski definition) is 7. The number of hydrogen-bond donors (Lipinski definition) is 4. The SMILES string of the molecule is C=CC1CC1(NC(=O)[C@@H]1C[C@@H](N2C(=O)c3ccccc3C2=O)CN1C(=O)[C@@H](NC(=O)OC1CCCC1)C(C)(C)C)P(=O)(O)O. The first-order chi connectivity index (χ1) is 20.6. The first kappa shape index (κ1) is 31.9. The van der Waals surface area contributed by atoms with Crippen molar-refractivity contribution in [3.8, 4) is 0 Å². The maximum atomic E-state index is 14.2. The van der Waals surface area contributed by atoms with Crippen molar-refractivity contribution in [1.82, 2.24) is 20.4 Å². The molecule has 44 heavy (non-hydrogen) atoms. The fourth-order valence-electron chi connectivity index (χ4n) is 6.56. The van der Waals surface area contributed by atoms with Gasteiger partial charge in [0, 0.05) is 12.5 Å². The van der Waals surface area contributed by atoms with Crippen LogP contribution in [-0.2, 0) is 18.9 Å². The Kier molecular flexibility index (Phi) is 8.28. The highest BCUT2D eigenvalue weighted by molar-refractivity contribution is 7.54. The van der Waals surface area contributed by atoms with Gasteiger partial charge in [0.2, 0.25) is 11.8 Å². The molecule has 0 radical (unpaired) electrons. The van der Waals surface area contributed by atoms with E-state index in [9.17, 15) is 38.3 Å². The topological polar surface area (TPSA) is 183 Å². The molecule has 4 N–H and O–H groups in total. The van der Waals surface area contributed by atoms with Gasteiger partial charge in [-0.05, 0) is 56.1 Å². The first-order valence-corrected chi connectivity index (χ1v) is 16.4. The summed E-state index contributed by atoms with van der Waals surface area (Å²) in [5, 5.41) is 3.29. The van der Waals surface area contributed by atoms with E-state index in [4.69, 9.17) is 4.74 Å². The largest absolute Gasteiger partial charge is 0.446 e. The number of ether oxygens (including phenoxy) is 1. The second-order valence-corrected chi connectivity index (χ2v) is 15.1. The van der Waals surface area contributed by atoms with Crippen LogP contribution in [0.1, 0.15) is 80.0 Å². The van der Waals surface area contributed by atoms with Crippen LogP contribution < -0.4 is 10.6 Å². The highest BCUT2D eigenvalue weighted by atomic mass is 31.2. The predicted molar refractivity (Wildman–Crippen MR) is 157 cm³/mol. The van der Waals surface area contributed by atoms with Gasteiger partial charge in [-0.15, -0.1) is 6.58 Å². The van der Waals surface area contributed by atoms with Crippen LogP contribution in [0.5, 0.6) is 0 Å². The van der Waals surface area contributed by atoms with Crippen LogP contribution in [0.3, 0.4) is 0 Å². The predicted octanol–water partition coefficient (Wildman–Crippen LogP) is 2.53. The Labute approximate surface area is 255 Å². The van der Waals surface area contributed by atoms with Crippen molar-refractivity contribution < 1.29 is 43.1 Å². The van der Waals surface area contributed by atoms with Crippen molar-refractivity contribution in [2.75, 3.05) is 6.54 Å². The fourth-order valence-corrected chi connectivity index (χ4v) is 7.79. The average molecular weight is 631 g/mol. The summed E-state index contributed by atoms with van der Waals surface area (Å²) in [5.74, 6) is -3.29. The first-order valence-electron chi connectivity index (χ1n) is 14.8. The lowest BCUT2D eigenvalue weighted by atomic mass is 9.85. The van der Waals surface area contributed by atoms with E-state index in [2.05, 4.69) is 17.2 Å². The van der Waals surface area contributed by atoms with Gasteiger partial charge in [0.25, 0.3) is 11.8 Å². The van der Waals surface area contributed by atoms with E-state index in [0.717, 1.165) is 30.6 Å². The summed E-state index contributed by atoms with van der Waals surface area (Å²) in [6.45, 7) is 8.59. The Balaban J connectivity index is 1.44. The van der Waals surface area contributed by atoms with E-state index in [1.54, 1.807) is 32.9 Å². The van der Waals surface area contributed by atoms with Crippen LogP contribution >= 0.6 is 7.60 Å². The lowest BCUT2D eigenvalue weighted by molar-refractivity contribution is -0.142. The van der Waals surface area contributed by atoms with E-state index in [0.29, 0.717) is 0 Å². The lowest BCUT2D eigenvalue weighted by Crippen LogP contribution is -2.58. The summed E-state index contributed by atoms with van der Waals surface area (Å²) in [6, 6.07) is 2.94. The summed E-state index contributed by atoms with van der Waals surface area (Å²) < 4.78 is 18.0. The van der Waals surface area contributed by atoms with Crippen molar-refractivity contribution in [2.24, 2.45) is 11.3 Å². The van der Waals surface area contributed by atoms with Gasteiger partial charge in [-0.3, -0.25) is 28.6 Å². The summed E-state index contributed by atoms with van der Waals surface area (Å²) in [7, 11) is -4.84. The van der Waals surface area contributed by atoms with Gasteiger partial charge >= 0.3 is 13.7 Å². The minimum absolute atomic E-state index is 0.0335. The molecule has 1 aromatic carbocycles. The standard InChI is InChI=1S/C30H39N4O9P/c1-5-17-15-30(17,44(40,41)42)32-24(35)22-14-18(34-25(36)20-12-8-9-13-21(20)26(34)37)16-33(22)27(38)23(29(2,3)4)31-28(39)43-19-10-6-7-11-19/h5,8-9,12-13,17-19,22-23H,1,6-7,10-11,14-16H2,2-4H3,(H,31,39)(H,32,35)(H2,40,41,42)/t17?,18-,22+,23-,30?/m1/s1. The van der Waals surface area contributed by atoms with Crippen LogP contribution in [0, 0.1) is 11.3 Å². The van der Waals surface area contributed by atoms with Gasteiger partial charge in [-0.25, -0.2) is 4.79 Å². The van der Waals surface area contributed by atoms with E-state index < -0.39 is 72.1 Å². The van der Waals surface area contributed by atoms with Crippen molar-refractivity contribution in [2.45, 2.75) is 88.8 Å². The summed E-state index contributed by atoms with van der Waals surface area (Å²) in [5.41, 5.74) is -0.434. The molecule has 0 bridgehead atoms. The maximum Gasteiger partial charge on any atom is 0.408 e. The molecule has 1 aromatic rings. The molecular weight excluding hydrogens is 591 g/mol. The minimum atomic E-state index is -4.84. The minimum Gasteiger partial charge on any atom is -0.446 e. The van der Waals surface area contributed by atoms with Gasteiger partial charge in [0.15, 0.2) is 0 Å². The molecule has 2 heterocycles. The van der Waals surface area contributed by atoms with Crippen LogP contribution in [0.4, 0.5) is 4.79 Å². The number of likely N-dealkylation sites (tertiary alicyclic amines) is 1. The number of alkyl carbamates (subject to hydrolysis) is 1. The molecule has 4 aliphatic rings. The van der Waals surface area contributed by atoms with Crippen LogP contribution in [0.15, 0.2) is 36.9 Å². The van der Waals surface area contributed by atoms with Gasteiger partial charge in [0.1, 0.15) is 23.5 Å². The highest BCUT2D eigenvalue weighted by Crippen LogP contribution is 2.67. The molecule has 3 fully saturated rings. The van der Waals surface area contributed by atoms with Crippen molar-refractivity contribution in [3.05, 3.63) is 48.0 Å². The average Bonchev–Trinajstić information content (AvgIpc) is 3.24. The third-order valence-electron chi connectivity index (χ3n) is 9.13. The van der Waals surface area contributed by atoms with Crippen LogP contribution in [-0.4, -0.2) is 85.4 Å². The quantitative estimate of drug-likeness (QED) is 0.191. The number of amides is 5. The summed E-state index contributed by atoms with van der Waals surface area (Å²) >= 11 is 0. The normalized spacial score (nSPS) is 27.6. The van der Waals surface area contributed by atoms with E-state index in [-0.39, 0.29) is 36.6 Å². The van der Waals surface area contributed by atoms with Gasteiger partial charge in [-0.1, -0.05) is 39.0 Å². The molecule has 14 heteroatoms. The fraction of sp³-hybridized carbons (Fsp3) is 0.567. The Morgan fingerprint density at radius 3 is 2.20 bits per heavy atom. The zero-order valence-electron chi connectivity index (χ0n) is 25.0. The number of benzene rings is 1. The van der Waals surface area contributed by atoms with E-state index in [1.807, 2.05) is 0 Å². The summed E-state index contributed by atoms with van der Waals surface area (Å²) in [4.78, 5) is 90.0. The molecule has 0 spiro atoms. The maximum absolute atomic E-state index is 14.2. The number of carbonyl (C=O) groups is 5. The number of nitrogens with one attached hydrogen (secondary N) is 2. The molecule has 238 valence electrons. The van der Waals surface area contributed by atoms with Crippen LogP contribution in [0.25, 0.3) is 0 Å². The summed E-state index contributed by atoms with van der Waals surface area (Å²) in [6.07, 6.45) is 3.46. The molecule has 5 rings (SSSR count). The van der Waals surface area contributed by atoms with Gasteiger partial charge in [-0.2, -0.15) is 0 Å². The second kappa shape index (κ2) is 11.4. The second-order valence-electron chi connectivity index (χ2n) is 13.2. The van der Waals surface area contributed by atoms with E-state index >= 15 is 0 Å². The Bertz CT molecular complexity index is 1410. The monoisotopic (exact) mass is 630 g/mol. The van der Waals surface area contributed by atoms with Crippen molar-refractivity contribution in [3.63, 3.8) is 0 Å². The molecule has 5 amide bonds. The van der Waals surface area contributed by atoms with Crippen molar-refractivity contribution in [1.29, 1.82) is 0 Å². The number of rotatable bonds is 8. The number of imide groups is 1. The number of nitrogens with zero attached hydrogens (tertiary/aromatic N) is 2. The molecule has 2 aliphatic heterocycles. The molecule has 0 aromatic heterocycles. The smallest absolute Gasteiger partial charge is 0.408 e. The Morgan fingerprint density at radius 1 is 1.11 bits per heavy atom. The third kappa shape index (κ3) is 5.68. The molecule has 5 atom stereocenters. The van der Waals surface area contributed by atoms with Crippen LogP contribution in [0.2, 0.25) is 0 Å². The third-order valence-corrected chi connectivity index (χ3v) is 10.8. The molecule has 2 aliphatic carbocycles. The molecule has 1 saturated heterocycles. The molecule has 13 nitrogen and oxygen atoms in total. The van der Waals surface area contributed by atoms with E-state index in [1.165, 1.54) is 23.1 Å². The Hall–Kier alpha value is -3.54. The molecule has 2 saturated carbocycles. The highest BCUT2D eigenvalue weighted by Gasteiger charge is 2.66. The zero-order chi connectivity index (χ0) is 32.2. The van der Waals surface area contributed by atoms with Gasteiger partial charge in [0.05, 0.1) is 17.2 Å². The molecular formula is C30H39N4O9P. The van der Waals surface area contributed by atoms with Crippen molar-refractivity contribution >= 4 is 37.3 Å². The van der Waals surface area contributed by atoms with Gasteiger partial charge < -0.3 is 30.1 Å². The number of carbonyl (C=O) groups excluding carboxylic acids is 5. The lowest BCUT2D eigenvalue weighted by Gasteiger charge is -2.35.